The van der Waals surface area contributed by atoms with Crippen LogP contribution in [-0.4, -0.2) is 0 Å². The van der Waals surface area contributed by atoms with Gasteiger partial charge in [0, 0.05) is 0 Å². The van der Waals surface area contributed by atoms with Gasteiger partial charge in [-0.2, -0.15) is 0 Å². The third-order valence-electron chi connectivity index (χ3n) is 8.47. The summed E-state index contributed by atoms with van der Waals surface area (Å²) in [5, 5.41) is 7.64. The third kappa shape index (κ3) is 3.92. The summed E-state index contributed by atoms with van der Waals surface area (Å²) in [5.41, 5.74) is 10.0. The van der Waals surface area contributed by atoms with Crippen LogP contribution in [0.4, 0.5) is 0 Å². The highest BCUT2D eigenvalue weighted by Crippen LogP contribution is 2.47. The van der Waals surface area contributed by atoms with Crippen LogP contribution in [0.1, 0.15) is 0 Å². The number of benzene rings is 8. The Kier molecular flexibility index (Phi) is 5.90. The number of rotatable bonds is 4. The van der Waals surface area contributed by atoms with Crippen LogP contribution in [0.3, 0.4) is 0 Å². The summed E-state index contributed by atoms with van der Waals surface area (Å²) in [6.45, 7) is 0. The Morgan fingerprint density at radius 3 is 1.12 bits per heavy atom. The molecular formula is C42H28. The lowest BCUT2D eigenvalue weighted by Gasteiger charge is -2.20. The Morgan fingerprint density at radius 2 is 0.595 bits per heavy atom. The topological polar surface area (TPSA) is 0 Å². The van der Waals surface area contributed by atoms with Crippen LogP contribution in [-0.2, 0) is 0 Å². The third-order valence-corrected chi connectivity index (χ3v) is 8.47. The molecule has 0 amide bonds. The van der Waals surface area contributed by atoms with E-state index >= 15 is 0 Å². The van der Waals surface area contributed by atoms with Gasteiger partial charge < -0.3 is 0 Å². The summed E-state index contributed by atoms with van der Waals surface area (Å²) >= 11 is 0. The first kappa shape index (κ1) is 24.3. The zero-order valence-electron chi connectivity index (χ0n) is 23.2. The van der Waals surface area contributed by atoms with Gasteiger partial charge in [-0.05, 0) is 76.8 Å². The zero-order valence-corrected chi connectivity index (χ0v) is 23.2. The maximum Gasteiger partial charge on any atom is -0.00201 e. The van der Waals surface area contributed by atoms with Gasteiger partial charge in [0.15, 0.2) is 0 Å². The molecule has 0 unspecified atom stereocenters. The minimum absolute atomic E-state index is 1.23. The van der Waals surface area contributed by atoms with Crippen LogP contribution in [0, 0.1) is 0 Å². The zero-order chi connectivity index (χ0) is 27.9. The van der Waals surface area contributed by atoms with Crippen LogP contribution in [0.2, 0.25) is 0 Å². The van der Waals surface area contributed by atoms with E-state index < -0.39 is 0 Å². The van der Waals surface area contributed by atoms with E-state index in [1.807, 2.05) is 0 Å². The van der Waals surface area contributed by atoms with Crippen LogP contribution < -0.4 is 0 Å². The van der Waals surface area contributed by atoms with E-state index in [-0.39, 0.29) is 0 Å². The van der Waals surface area contributed by atoms with Crippen molar-refractivity contribution in [3.05, 3.63) is 170 Å². The maximum absolute atomic E-state index is 2.34. The molecule has 0 spiro atoms. The Bertz CT molecular complexity index is 2110. The average molecular weight is 533 g/mol. The lowest BCUT2D eigenvalue weighted by Crippen LogP contribution is -1.93. The minimum Gasteiger partial charge on any atom is -0.0622 e. The number of fused-ring (bicyclic) bond motifs is 3. The van der Waals surface area contributed by atoms with E-state index in [0.717, 1.165) is 0 Å². The molecular weight excluding hydrogens is 504 g/mol. The van der Waals surface area contributed by atoms with Crippen LogP contribution in [0.5, 0.6) is 0 Å². The predicted octanol–water partition coefficient (Wildman–Crippen LogP) is 11.8. The van der Waals surface area contributed by atoms with Gasteiger partial charge in [0.05, 0.1) is 0 Å². The van der Waals surface area contributed by atoms with Crippen molar-refractivity contribution >= 4 is 32.3 Å². The van der Waals surface area contributed by atoms with E-state index in [9.17, 15) is 0 Å². The Morgan fingerprint density at radius 1 is 0.214 bits per heavy atom. The fourth-order valence-electron chi connectivity index (χ4n) is 6.68. The second kappa shape index (κ2) is 10.2. The van der Waals surface area contributed by atoms with Crippen LogP contribution >= 0.6 is 0 Å². The summed E-state index contributed by atoms with van der Waals surface area (Å²) in [7, 11) is 0. The van der Waals surface area contributed by atoms with E-state index in [4.69, 9.17) is 0 Å². The van der Waals surface area contributed by atoms with Crippen molar-refractivity contribution in [1.82, 2.24) is 0 Å². The molecule has 0 bridgehead atoms. The summed E-state index contributed by atoms with van der Waals surface area (Å²) in [5.74, 6) is 0. The second-order valence-corrected chi connectivity index (χ2v) is 10.8. The molecule has 0 aliphatic carbocycles. The van der Waals surface area contributed by atoms with Crippen molar-refractivity contribution in [1.29, 1.82) is 0 Å². The fraction of sp³-hybridized carbons (Fsp3) is 0. The van der Waals surface area contributed by atoms with Crippen LogP contribution in [0.15, 0.2) is 170 Å². The van der Waals surface area contributed by atoms with Crippen molar-refractivity contribution in [2.45, 2.75) is 0 Å². The standard InChI is InChI=1S/C42H28/c1-4-15-29(16-5-1)32-25-14-26-38-39(28-27-33(41(32)38)30-17-6-2-7-18-30)42-36-23-12-10-21-34(36)40(31-19-8-3-9-20-31)35-22-11-13-24-37(35)42/h1-28H. The van der Waals surface area contributed by atoms with Crippen LogP contribution in [0.25, 0.3) is 76.8 Å². The molecule has 0 radical (unpaired) electrons. The Balaban J connectivity index is 1.53. The quantitative estimate of drug-likeness (QED) is 0.198. The normalized spacial score (nSPS) is 11.3. The van der Waals surface area contributed by atoms with Gasteiger partial charge in [-0.3, -0.25) is 0 Å². The second-order valence-electron chi connectivity index (χ2n) is 10.8. The van der Waals surface area contributed by atoms with E-state index in [1.165, 1.54) is 76.8 Å². The number of hydrogen-bond acceptors (Lipinski definition) is 0. The molecule has 196 valence electrons. The molecule has 0 heterocycles. The molecule has 0 nitrogen and oxygen atoms in total. The van der Waals surface area contributed by atoms with Gasteiger partial charge in [0.25, 0.3) is 0 Å². The molecule has 0 N–H and O–H groups in total. The molecule has 0 saturated heterocycles. The monoisotopic (exact) mass is 532 g/mol. The summed E-state index contributed by atoms with van der Waals surface area (Å²) in [4.78, 5) is 0. The maximum atomic E-state index is 2.34. The Hall–Kier alpha value is -5.46. The molecule has 0 saturated carbocycles. The molecule has 0 aromatic heterocycles. The molecule has 0 fully saturated rings. The first-order valence-corrected chi connectivity index (χ1v) is 14.5. The van der Waals surface area contributed by atoms with Gasteiger partial charge in [-0.15, -0.1) is 0 Å². The summed E-state index contributed by atoms with van der Waals surface area (Å²) < 4.78 is 0. The first-order chi connectivity index (χ1) is 20.9. The highest BCUT2D eigenvalue weighted by Gasteiger charge is 2.20. The molecule has 8 aromatic carbocycles. The summed E-state index contributed by atoms with van der Waals surface area (Å²) in [6, 6.07) is 61.6. The van der Waals surface area contributed by atoms with Gasteiger partial charge in [-0.1, -0.05) is 170 Å². The fourth-order valence-corrected chi connectivity index (χ4v) is 6.68. The molecule has 0 aliphatic rings. The molecule has 8 aromatic rings. The van der Waals surface area contributed by atoms with Crippen molar-refractivity contribution in [3.63, 3.8) is 0 Å². The first-order valence-electron chi connectivity index (χ1n) is 14.5. The lowest BCUT2D eigenvalue weighted by molar-refractivity contribution is 1.62. The van der Waals surface area contributed by atoms with Crippen molar-refractivity contribution in [2.75, 3.05) is 0 Å². The average Bonchev–Trinajstić information content (AvgIpc) is 3.08. The Labute approximate surface area is 246 Å². The molecule has 0 atom stereocenters. The molecule has 8 rings (SSSR count). The largest absolute Gasteiger partial charge is 0.0622 e. The predicted molar refractivity (Wildman–Crippen MR) is 181 cm³/mol. The SMILES string of the molecule is c1ccc(-c2c3ccccc3c(-c3ccc(-c4ccccc4)c4c(-c5ccccc5)cccc34)c3ccccc23)cc1. The van der Waals surface area contributed by atoms with Gasteiger partial charge in [0.2, 0.25) is 0 Å². The highest BCUT2D eigenvalue weighted by atomic mass is 14.2. The molecule has 0 heteroatoms. The molecule has 0 aliphatic heterocycles. The van der Waals surface area contributed by atoms with Crippen molar-refractivity contribution in [3.8, 4) is 44.5 Å². The highest BCUT2D eigenvalue weighted by molar-refractivity contribution is 6.25. The van der Waals surface area contributed by atoms with Gasteiger partial charge >= 0.3 is 0 Å². The van der Waals surface area contributed by atoms with E-state index in [2.05, 4.69) is 170 Å². The summed E-state index contributed by atoms with van der Waals surface area (Å²) in [6.07, 6.45) is 0. The molecule has 42 heavy (non-hydrogen) atoms. The smallest absolute Gasteiger partial charge is 0.00201 e. The van der Waals surface area contributed by atoms with Crippen molar-refractivity contribution in [2.24, 2.45) is 0 Å². The lowest BCUT2D eigenvalue weighted by atomic mass is 9.82. The van der Waals surface area contributed by atoms with Gasteiger partial charge in [-0.25, -0.2) is 0 Å². The van der Waals surface area contributed by atoms with Gasteiger partial charge in [0.1, 0.15) is 0 Å². The minimum atomic E-state index is 1.23. The number of hydrogen-bond donors (Lipinski definition) is 0. The van der Waals surface area contributed by atoms with E-state index in [1.54, 1.807) is 0 Å². The van der Waals surface area contributed by atoms with Crippen molar-refractivity contribution < 1.29 is 0 Å². The van der Waals surface area contributed by atoms with E-state index in [0.29, 0.717) is 0 Å².